The molecule has 0 fully saturated rings. The average molecular weight is 899 g/mol. The van der Waals surface area contributed by atoms with Gasteiger partial charge in [0, 0.05) is 25.7 Å². The summed E-state index contributed by atoms with van der Waals surface area (Å²) in [4.78, 5) is 55.3. The highest BCUT2D eigenvalue weighted by atomic mass is 16.7. The van der Waals surface area contributed by atoms with Crippen LogP contribution in [-0.4, -0.2) is 72.7 Å². The molecule has 1 aliphatic carbocycles. The molecule has 2 N–H and O–H groups in total. The van der Waals surface area contributed by atoms with Crippen molar-refractivity contribution >= 4 is 23.9 Å². The van der Waals surface area contributed by atoms with E-state index in [-0.39, 0.29) is 61.9 Å². The van der Waals surface area contributed by atoms with Crippen molar-refractivity contribution in [2.24, 2.45) is 0 Å². The number of aromatic hydroxyl groups is 2. The van der Waals surface area contributed by atoms with E-state index in [4.69, 9.17) is 28.4 Å². The number of ether oxygens (including phenoxy) is 6. The van der Waals surface area contributed by atoms with Crippen LogP contribution < -0.4 is 9.47 Å². The molecule has 4 aromatic rings. The maximum Gasteiger partial charge on any atom is 0.352 e. The second kappa shape index (κ2) is 22.7. The van der Waals surface area contributed by atoms with Crippen LogP contribution in [0.15, 0.2) is 99.2 Å². The molecule has 12 heteroatoms. The number of cyclic esters (lactones) is 2. The third-order valence-corrected chi connectivity index (χ3v) is 11.1. The van der Waals surface area contributed by atoms with Crippen LogP contribution in [0.4, 0.5) is 0 Å². The highest BCUT2D eigenvalue weighted by Gasteiger charge is 2.43. The molecule has 346 valence electrons. The fraction of sp³-hybridized carbons (Fsp3) is 0.333. The molecule has 1 heterocycles. The van der Waals surface area contributed by atoms with Crippen molar-refractivity contribution in [3.8, 4) is 23.0 Å². The number of hydrogen-bond acceptors (Lipinski definition) is 12. The first-order valence-electron chi connectivity index (χ1n) is 22.3. The van der Waals surface area contributed by atoms with Gasteiger partial charge in [-0.2, -0.15) is 0 Å². The van der Waals surface area contributed by atoms with Gasteiger partial charge in [-0.05, 0) is 105 Å². The normalized spacial score (nSPS) is 16.0. The molecule has 1 unspecified atom stereocenters. The molecule has 0 saturated carbocycles. The molecule has 4 aromatic carbocycles. The van der Waals surface area contributed by atoms with E-state index in [1.54, 1.807) is 38.2 Å². The summed E-state index contributed by atoms with van der Waals surface area (Å²) in [5.41, 5.74) is 8.06. The second-order valence-corrected chi connectivity index (χ2v) is 16.4. The van der Waals surface area contributed by atoms with Crippen molar-refractivity contribution < 1.29 is 57.8 Å². The lowest BCUT2D eigenvalue weighted by Gasteiger charge is -2.25. The first-order chi connectivity index (χ1) is 31.9. The summed E-state index contributed by atoms with van der Waals surface area (Å²) in [5, 5.41) is 24.5. The summed E-state index contributed by atoms with van der Waals surface area (Å²) in [6, 6.07) is 15.3. The van der Waals surface area contributed by atoms with Crippen molar-refractivity contribution in [2.75, 3.05) is 26.4 Å². The van der Waals surface area contributed by atoms with Crippen molar-refractivity contribution in [3.63, 3.8) is 0 Å². The minimum Gasteiger partial charge on any atom is -0.507 e. The molecule has 66 heavy (non-hydrogen) atoms. The van der Waals surface area contributed by atoms with Crippen LogP contribution in [0.2, 0.25) is 0 Å². The van der Waals surface area contributed by atoms with E-state index in [0.29, 0.717) is 83.0 Å². The van der Waals surface area contributed by atoms with Gasteiger partial charge < -0.3 is 38.6 Å². The summed E-state index contributed by atoms with van der Waals surface area (Å²) >= 11 is 0. The lowest BCUT2D eigenvalue weighted by Crippen LogP contribution is -2.48. The molecule has 10 bridgehead atoms. The summed E-state index contributed by atoms with van der Waals surface area (Å²) < 4.78 is 34.9. The number of allylic oxidation sites excluding steroid dienone is 4. The molecule has 0 aromatic heterocycles. The third-order valence-electron chi connectivity index (χ3n) is 11.1. The van der Waals surface area contributed by atoms with Gasteiger partial charge in [-0.25, -0.2) is 19.2 Å². The second-order valence-electron chi connectivity index (χ2n) is 16.4. The van der Waals surface area contributed by atoms with Gasteiger partial charge in [0.15, 0.2) is 13.2 Å². The van der Waals surface area contributed by atoms with E-state index in [0.717, 1.165) is 22.3 Å². The number of phenols is 2. The fourth-order valence-electron chi connectivity index (χ4n) is 8.36. The van der Waals surface area contributed by atoms with Gasteiger partial charge >= 0.3 is 23.9 Å². The maximum atomic E-state index is 14.0. The van der Waals surface area contributed by atoms with Crippen molar-refractivity contribution in [3.05, 3.63) is 166 Å². The van der Waals surface area contributed by atoms with E-state index in [2.05, 4.69) is 26.3 Å². The first kappa shape index (κ1) is 48.4. The third kappa shape index (κ3) is 11.8. The lowest BCUT2D eigenvalue weighted by molar-refractivity contribution is -0.193. The number of benzene rings is 4. The Labute approximate surface area is 386 Å². The minimum atomic E-state index is -2.08. The molecule has 0 spiro atoms. The molecule has 0 amide bonds. The predicted molar refractivity (Wildman–Crippen MR) is 249 cm³/mol. The van der Waals surface area contributed by atoms with Gasteiger partial charge in [0.05, 0.1) is 13.2 Å². The van der Waals surface area contributed by atoms with Crippen LogP contribution in [0.5, 0.6) is 23.0 Å². The number of fused-ring (bicyclic) bond motifs is 2. The van der Waals surface area contributed by atoms with E-state index in [1.807, 2.05) is 48.5 Å². The van der Waals surface area contributed by atoms with E-state index in [1.165, 1.54) is 0 Å². The van der Waals surface area contributed by atoms with Crippen molar-refractivity contribution in [1.82, 2.24) is 0 Å². The van der Waals surface area contributed by atoms with Gasteiger partial charge in [-0.15, -0.1) is 26.3 Å². The van der Waals surface area contributed by atoms with Gasteiger partial charge in [0.2, 0.25) is 12.2 Å². The SMILES string of the molecule is C=CCc1cc2c(O)c(c1)Cc1cc(CC=C)cc3c1OCC(=O)O[C@@H](C(=O)OCCC)C(C(=O)OCCC)OC(=O)COc1c(cc(CC=C)cc1Cc1cc(CC=C)cc(c1O)C3)C2. The first-order valence-corrected chi connectivity index (χ1v) is 22.3. The molecule has 1 aliphatic heterocycles. The number of carbonyl (C=O) groups excluding carboxylic acids is 4. The zero-order chi connectivity index (χ0) is 47.3. The Morgan fingerprint density at radius 3 is 1.06 bits per heavy atom. The average Bonchev–Trinajstić information content (AvgIpc) is 3.28. The standard InChI is InChI=1S/C54H58O12/c1-7-13-33-19-37-27-41-23-35(15-9-3)25-43-29-39-21-34(14-8-2)22-40(48(39)58)30-44-26-36(16-10-4)24-42(28-38(20-33)47(37)57)50(44)64-32-46(56)66-52(54(60)62-18-12-6)51(53(59)61-17-11-5)65-45(55)31-63-49(41)43/h7-10,19-26,51-52,57-58H,1-4,11-18,27-32H2,5-6H3/t51-,52?/m1/s1. The Morgan fingerprint density at radius 2 is 0.803 bits per heavy atom. The monoisotopic (exact) mass is 898 g/mol. The molecule has 2 atom stereocenters. The number of esters is 4. The van der Waals surface area contributed by atoms with Crippen LogP contribution in [-0.2, 0) is 89.5 Å². The van der Waals surface area contributed by atoms with Gasteiger partial charge in [-0.1, -0.05) is 86.7 Å². The topological polar surface area (TPSA) is 164 Å². The number of phenolic OH excluding ortho intramolecular Hbond substituents is 2. The molecule has 2 aliphatic rings. The summed E-state index contributed by atoms with van der Waals surface area (Å²) in [5.74, 6) is -3.89. The number of carbonyl (C=O) groups is 4. The number of rotatable bonds is 14. The minimum absolute atomic E-state index is 0.0219. The van der Waals surface area contributed by atoms with E-state index < -0.39 is 49.3 Å². The van der Waals surface area contributed by atoms with Crippen LogP contribution in [0, 0.1) is 0 Å². The van der Waals surface area contributed by atoms with Gasteiger partial charge in [0.1, 0.15) is 23.0 Å². The highest BCUT2D eigenvalue weighted by molar-refractivity contribution is 5.89. The predicted octanol–water partition coefficient (Wildman–Crippen LogP) is 8.19. The number of hydrogen-bond donors (Lipinski definition) is 2. The Balaban J connectivity index is 1.69. The zero-order valence-electron chi connectivity index (χ0n) is 37.8. The quantitative estimate of drug-likeness (QED) is 0.0625. The summed E-state index contributed by atoms with van der Waals surface area (Å²) in [7, 11) is 0. The molecule has 6 rings (SSSR count). The molecule has 12 nitrogen and oxygen atoms in total. The van der Waals surface area contributed by atoms with Crippen LogP contribution in [0.25, 0.3) is 0 Å². The smallest absolute Gasteiger partial charge is 0.352 e. The Hall–Kier alpha value is -7.08. The molecule has 0 saturated heterocycles. The van der Waals surface area contributed by atoms with Crippen LogP contribution >= 0.6 is 0 Å². The molecule has 0 radical (unpaired) electrons. The summed E-state index contributed by atoms with van der Waals surface area (Å²) in [6.45, 7) is 17.7. The lowest BCUT2D eigenvalue weighted by atomic mass is 9.87. The summed E-state index contributed by atoms with van der Waals surface area (Å²) in [6.07, 6.45) is 6.14. The Morgan fingerprint density at radius 1 is 0.530 bits per heavy atom. The van der Waals surface area contributed by atoms with Crippen LogP contribution in [0.1, 0.15) is 93.5 Å². The maximum absolute atomic E-state index is 14.0. The van der Waals surface area contributed by atoms with Crippen LogP contribution in [0.3, 0.4) is 0 Å². The fourth-order valence-corrected chi connectivity index (χ4v) is 8.36. The highest BCUT2D eigenvalue weighted by Crippen LogP contribution is 2.40. The van der Waals surface area contributed by atoms with Crippen molar-refractivity contribution in [2.45, 2.75) is 90.3 Å². The van der Waals surface area contributed by atoms with E-state index >= 15 is 0 Å². The largest absolute Gasteiger partial charge is 0.507 e. The van der Waals surface area contributed by atoms with Crippen molar-refractivity contribution in [1.29, 1.82) is 0 Å². The molecular weight excluding hydrogens is 841 g/mol. The zero-order valence-corrected chi connectivity index (χ0v) is 37.8. The Kier molecular flexibility index (Phi) is 16.6. The van der Waals surface area contributed by atoms with E-state index in [9.17, 15) is 29.4 Å². The van der Waals surface area contributed by atoms with Gasteiger partial charge in [0.25, 0.3) is 0 Å². The van der Waals surface area contributed by atoms with Gasteiger partial charge in [-0.3, -0.25) is 0 Å². The molecular formula is C54H58O12. The Bertz CT molecular complexity index is 2250.